The average Bonchev–Trinajstić information content (AvgIpc) is 3.28. The Bertz CT molecular complexity index is 1170. The highest BCUT2D eigenvalue weighted by atomic mass is 35.5. The number of para-hydroxylation sites is 1. The molecule has 5 nitrogen and oxygen atoms in total. The minimum absolute atomic E-state index is 0.103. The highest BCUT2D eigenvalue weighted by Gasteiger charge is 2.29. The van der Waals surface area contributed by atoms with E-state index in [4.69, 9.17) is 16.6 Å². The Balaban J connectivity index is 1.46. The fraction of sp³-hybridized carbons (Fsp3) is 0.250. The Morgan fingerprint density at radius 1 is 1.19 bits per heavy atom. The van der Waals surface area contributed by atoms with Crippen molar-refractivity contribution in [1.82, 2.24) is 19.3 Å². The third-order valence-corrected chi connectivity index (χ3v) is 6.36. The van der Waals surface area contributed by atoms with E-state index >= 15 is 0 Å². The maximum atomic E-state index is 12.4. The molecule has 1 aliphatic heterocycles. The van der Waals surface area contributed by atoms with Gasteiger partial charge >= 0.3 is 0 Å². The summed E-state index contributed by atoms with van der Waals surface area (Å²) in [5.74, 6) is 0. The molecule has 1 atom stereocenters. The summed E-state index contributed by atoms with van der Waals surface area (Å²) in [6, 6.07) is 13.7. The normalized spacial score (nSPS) is 17.9. The molecule has 1 unspecified atom stereocenters. The molecule has 3 aromatic heterocycles. The molecular weight excluding hydrogens is 380 g/mol. The van der Waals surface area contributed by atoms with Crippen LogP contribution in [-0.4, -0.2) is 25.8 Å². The van der Waals surface area contributed by atoms with Gasteiger partial charge in [-0.1, -0.05) is 23.7 Å². The fourth-order valence-corrected chi connectivity index (χ4v) is 5.04. The molecule has 5 rings (SSSR count). The van der Waals surface area contributed by atoms with Gasteiger partial charge in [0.05, 0.1) is 27.0 Å². The first-order valence-corrected chi connectivity index (χ1v) is 10.1. The number of hydrogen-bond acceptors (Lipinski definition) is 5. The van der Waals surface area contributed by atoms with Crippen LogP contribution in [0.25, 0.3) is 15.9 Å². The van der Waals surface area contributed by atoms with Gasteiger partial charge in [-0.25, -0.2) is 9.97 Å². The molecule has 0 radical (unpaired) electrons. The first kappa shape index (κ1) is 16.9. The molecule has 1 fully saturated rings. The van der Waals surface area contributed by atoms with E-state index < -0.39 is 0 Å². The lowest BCUT2D eigenvalue weighted by Crippen LogP contribution is -2.25. The summed E-state index contributed by atoms with van der Waals surface area (Å²) < 4.78 is 2.71. The van der Waals surface area contributed by atoms with Crippen LogP contribution in [0, 0.1) is 0 Å². The Morgan fingerprint density at radius 3 is 2.96 bits per heavy atom. The number of rotatable bonds is 3. The van der Waals surface area contributed by atoms with Gasteiger partial charge in [0.25, 0.3) is 5.56 Å². The molecule has 0 bridgehead atoms. The zero-order valence-electron chi connectivity index (χ0n) is 14.5. The highest BCUT2D eigenvalue weighted by molar-refractivity contribution is 7.18. The molecule has 0 spiro atoms. The molecule has 1 aromatic carbocycles. The highest BCUT2D eigenvalue weighted by Crippen LogP contribution is 2.37. The molecule has 1 saturated heterocycles. The lowest BCUT2D eigenvalue weighted by molar-refractivity contribution is 0.245. The predicted octanol–water partition coefficient (Wildman–Crippen LogP) is 4.29. The second-order valence-electron chi connectivity index (χ2n) is 6.81. The van der Waals surface area contributed by atoms with Crippen LogP contribution >= 0.6 is 22.9 Å². The quantitative estimate of drug-likeness (QED) is 0.518. The van der Waals surface area contributed by atoms with Gasteiger partial charge in [0.2, 0.25) is 0 Å². The molecular formula is C20H17ClN4OS. The number of halogens is 1. The molecule has 4 aromatic rings. The number of nitrogens with zero attached hydrogens (tertiary/aromatic N) is 4. The zero-order chi connectivity index (χ0) is 18.4. The van der Waals surface area contributed by atoms with E-state index in [2.05, 4.69) is 28.1 Å². The minimum atomic E-state index is -0.103. The first-order chi connectivity index (χ1) is 13.2. The van der Waals surface area contributed by atoms with Crippen molar-refractivity contribution in [2.45, 2.75) is 25.4 Å². The van der Waals surface area contributed by atoms with Crippen LogP contribution in [0.1, 0.15) is 29.6 Å². The van der Waals surface area contributed by atoms with Crippen molar-refractivity contribution in [2.24, 2.45) is 0 Å². The Kier molecular flexibility index (Phi) is 4.19. The molecule has 1 aliphatic rings. The molecule has 27 heavy (non-hydrogen) atoms. The van der Waals surface area contributed by atoms with Crippen molar-refractivity contribution < 1.29 is 0 Å². The summed E-state index contributed by atoms with van der Waals surface area (Å²) in [6.07, 6.45) is 3.82. The van der Waals surface area contributed by atoms with Gasteiger partial charge in [-0.15, -0.1) is 11.3 Å². The minimum Gasteiger partial charge on any atom is -0.288 e. The van der Waals surface area contributed by atoms with E-state index in [1.165, 1.54) is 9.10 Å². The van der Waals surface area contributed by atoms with Crippen molar-refractivity contribution in [3.05, 3.63) is 74.7 Å². The monoisotopic (exact) mass is 396 g/mol. The van der Waals surface area contributed by atoms with Crippen LogP contribution in [-0.2, 0) is 6.54 Å². The van der Waals surface area contributed by atoms with E-state index in [1.54, 1.807) is 35.7 Å². The standard InChI is InChI=1S/C20H17ClN4OS/c21-13-7-8-18-22-14(10-19(26)25(18)11-13)12-24-9-3-5-16(24)20-23-15-4-1-2-6-17(15)27-20/h1-2,4,6-8,10-11,16H,3,5,9,12H2. The zero-order valence-corrected chi connectivity index (χ0v) is 16.1. The summed E-state index contributed by atoms with van der Waals surface area (Å²) in [5, 5.41) is 1.67. The predicted molar refractivity (Wildman–Crippen MR) is 108 cm³/mol. The maximum absolute atomic E-state index is 12.4. The van der Waals surface area contributed by atoms with Crippen LogP contribution in [0.3, 0.4) is 0 Å². The smallest absolute Gasteiger partial charge is 0.258 e. The Hall–Kier alpha value is -2.28. The third-order valence-electron chi connectivity index (χ3n) is 5.00. The number of benzene rings is 1. The topological polar surface area (TPSA) is 50.5 Å². The van der Waals surface area contributed by atoms with E-state index in [-0.39, 0.29) is 11.6 Å². The lowest BCUT2D eigenvalue weighted by atomic mass is 10.2. The summed E-state index contributed by atoms with van der Waals surface area (Å²) in [7, 11) is 0. The van der Waals surface area contributed by atoms with Gasteiger partial charge in [0, 0.05) is 18.8 Å². The maximum Gasteiger partial charge on any atom is 0.258 e. The molecule has 0 saturated carbocycles. The SMILES string of the molecule is O=c1cc(CN2CCCC2c2nc3ccccc3s2)nc2ccc(Cl)cn12. The largest absolute Gasteiger partial charge is 0.288 e. The van der Waals surface area contributed by atoms with Gasteiger partial charge in [-0.3, -0.25) is 14.1 Å². The fourth-order valence-electron chi connectivity index (χ4n) is 3.74. The molecule has 136 valence electrons. The van der Waals surface area contributed by atoms with Crippen LogP contribution in [0.15, 0.2) is 53.5 Å². The number of fused-ring (bicyclic) bond motifs is 2. The van der Waals surface area contributed by atoms with Gasteiger partial charge in [0.15, 0.2) is 0 Å². The van der Waals surface area contributed by atoms with E-state index in [0.717, 1.165) is 35.6 Å². The number of likely N-dealkylation sites (tertiary alicyclic amines) is 1. The van der Waals surface area contributed by atoms with Crippen molar-refractivity contribution >= 4 is 38.8 Å². The molecule has 0 amide bonds. The number of hydrogen-bond donors (Lipinski definition) is 0. The van der Waals surface area contributed by atoms with Gasteiger partial charge in [0.1, 0.15) is 10.7 Å². The van der Waals surface area contributed by atoms with Crippen molar-refractivity contribution in [2.75, 3.05) is 6.54 Å². The summed E-state index contributed by atoms with van der Waals surface area (Å²) >= 11 is 7.75. The molecule has 0 N–H and O–H groups in total. The molecule has 7 heteroatoms. The second kappa shape index (κ2) is 6.71. The van der Waals surface area contributed by atoms with Crippen LogP contribution in [0.5, 0.6) is 0 Å². The first-order valence-electron chi connectivity index (χ1n) is 8.95. The second-order valence-corrected chi connectivity index (χ2v) is 8.31. The molecule has 0 aliphatic carbocycles. The third kappa shape index (κ3) is 3.14. The van der Waals surface area contributed by atoms with Gasteiger partial charge in [-0.2, -0.15) is 0 Å². The average molecular weight is 397 g/mol. The number of thiazole rings is 1. The van der Waals surface area contributed by atoms with Crippen molar-refractivity contribution in [3.63, 3.8) is 0 Å². The number of pyridine rings is 1. The van der Waals surface area contributed by atoms with Crippen molar-refractivity contribution in [1.29, 1.82) is 0 Å². The van der Waals surface area contributed by atoms with Gasteiger partial charge in [-0.05, 0) is 43.7 Å². The lowest BCUT2D eigenvalue weighted by Gasteiger charge is -2.22. The van der Waals surface area contributed by atoms with Crippen LogP contribution < -0.4 is 5.56 Å². The summed E-state index contributed by atoms with van der Waals surface area (Å²) in [6.45, 7) is 1.64. The van der Waals surface area contributed by atoms with Crippen LogP contribution in [0.2, 0.25) is 5.02 Å². The summed E-state index contributed by atoms with van der Waals surface area (Å²) in [5.41, 5.74) is 2.37. The van der Waals surface area contributed by atoms with Gasteiger partial charge < -0.3 is 0 Å². The van der Waals surface area contributed by atoms with Crippen LogP contribution in [0.4, 0.5) is 0 Å². The summed E-state index contributed by atoms with van der Waals surface area (Å²) in [4.78, 5) is 24.3. The Labute approximate surface area is 164 Å². The van der Waals surface area contributed by atoms with E-state index in [0.29, 0.717) is 17.2 Å². The van der Waals surface area contributed by atoms with Crippen molar-refractivity contribution in [3.8, 4) is 0 Å². The number of aromatic nitrogens is 3. The van der Waals surface area contributed by atoms with E-state index in [1.807, 2.05) is 6.07 Å². The Morgan fingerprint density at radius 2 is 2.07 bits per heavy atom. The van der Waals surface area contributed by atoms with E-state index in [9.17, 15) is 4.79 Å². The molecule has 4 heterocycles.